The highest BCUT2D eigenvalue weighted by Crippen LogP contribution is 2.55. The van der Waals surface area contributed by atoms with Crippen LogP contribution < -0.4 is 0 Å². The maximum absolute atomic E-state index is 2.46. The van der Waals surface area contributed by atoms with E-state index in [1.165, 1.54) is 19.3 Å². The molecule has 0 aromatic heterocycles. The van der Waals surface area contributed by atoms with Crippen LogP contribution in [0.4, 0.5) is 0 Å². The predicted octanol–water partition coefficient (Wildman–Crippen LogP) is 2.79. The Bertz CT molecular complexity index is 140. The Morgan fingerprint density at radius 3 is 3.11 bits per heavy atom. The summed E-state index contributed by atoms with van der Waals surface area (Å²) in [5, 5.41) is 0. The number of hydrogen-bond donors (Lipinski definition) is 0. The molecule has 50 valence electrons. The van der Waals surface area contributed by atoms with Gasteiger partial charge in [-0.2, -0.15) is 0 Å². The van der Waals surface area contributed by atoms with Gasteiger partial charge in [0.25, 0.3) is 0 Å². The monoisotopic (exact) mass is 140 g/mol. The molecule has 9 heavy (non-hydrogen) atoms. The minimum atomic E-state index is 0.314. The minimum absolute atomic E-state index is 0.314. The average molecular weight is 140 g/mol. The fourth-order valence-corrected chi connectivity index (χ4v) is 4.21. The second-order valence-electron chi connectivity index (χ2n) is 3.17. The lowest BCUT2D eigenvalue weighted by molar-refractivity contribution is 0.706. The van der Waals surface area contributed by atoms with E-state index in [9.17, 15) is 0 Å². The molecule has 0 aromatic rings. The van der Waals surface area contributed by atoms with E-state index in [-0.39, 0.29) is 0 Å². The molecule has 0 aromatic carbocycles. The molecule has 1 aliphatic heterocycles. The molecule has 2 aliphatic rings. The third-order valence-electron chi connectivity index (χ3n) is 2.62. The van der Waals surface area contributed by atoms with E-state index in [1.54, 1.807) is 0 Å². The zero-order chi connectivity index (χ0) is 6.27. The topological polar surface area (TPSA) is 0 Å². The van der Waals surface area contributed by atoms with Crippen LogP contribution in [0, 0.1) is 5.92 Å². The quantitative estimate of drug-likeness (QED) is 0.454. The van der Waals surface area contributed by atoms with Crippen molar-refractivity contribution in [3.63, 3.8) is 0 Å². The first-order valence-corrected chi connectivity index (χ1v) is 5.71. The van der Waals surface area contributed by atoms with Crippen molar-refractivity contribution in [2.24, 2.45) is 5.92 Å². The van der Waals surface area contributed by atoms with Crippen molar-refractivity contribution in [1.82, 2.24) is 0 Å². The summed E-state index contributed by atoms with van der Waals surface area (Å²) in [6.45, 7) is 2.42. The van der Waals surface area contributed by atoms with Crippen LogP contribution in [0.25, 0.3) is 0 Å². The summed E-state index contributed by atoms with van der Waals surface area (Å²) in [6.07, 6.45) is 6.95. The second-order valence-corrected chi connectivity index (χ2v) is 5.46. The van der Waals surface area contributed by atoms with Gasteiger partial charge in [0, 0.05) is 0 Å². The van der Waals surface area contributed by atoms with Crippen LogP contribution in [0.15, 0.2) is 11.9 Å². The molecular formula is C8H13P. The molecule has 0 N–H and O–H groups in total. The SMILES string of the molecule is CP1C=CC2CCCC21. The molecule has 0 amide bonds. The largest absolute Gasteiger partial charge is 0.0830 e. The summed E-state index contributed by atoms with van der Waals surface area (Å²) in [4.78, 5) is 0. The molecule has 1 fully saturated rings. The Morgan fingerprint density at radius 2 is 2.33 bits per heavy atom. The van der Waals surface area contributed by atoms with Crippen molar-refractivity contribution >= 4 is 7.92 Å². The summed E-state index contributed by atoms with van der Waals surface area (Å²) >= 11 is 0. The van der Waals surface area contributed by atoms with Crippen molar-refractivity contribution in [3.05, 3.63) is 11.9 Å². The summed E-state index contributed by atoms with van der Waals surface area (Å²) in [5.74, 6) is 3.46. The van der Waals surface area contributed by atoms with Gasteiger partial charge in [-0.25, -0.2) is 0 Å². The Balaban J connectivity index is 2.15. The van der Waals surface area contributed by atoms with Crippen LogP contribution >= 0.6 is 7.92 Å². The number of rotatable bonds is 0. The van der Waals surface area contributed by atoms with Gasteiger partial charge in [0.05, 0.1) is 0 Å². The minimum Gasteiger partial charge on any atom is -0.0830 e. The first kappa shape index (κ1) is 5.92. The molecular weight excluding hydrogens is 127 g/mol. The third-order valence-corrected chi connectivity index (χ3v) is 4.95. The van der Waals surface area contributed by atoms with E-state index >= 15 is 0 Å². The predicted molar refractivity (Wildman–Crippen MR) is 43.1 cm³/mol. The van der Waals surface area contributed by atoms with Gasteiger partial charge in [0.2, 0.25) is 0 Å². The molecule has 0 spiro atoms. The highest BCUT2D eigenvalue weighted by atomic mass is 31.1. The van der Waals surface area contributed by atoms with Crippen LogP contribution in [-0.4, -0.2) is 12.3 Å². The lowest BCUT2D eigenvalue weighted by atomic mass is 10.1. The van der Waals surface area contributed by atoms with Gasteiger partial charge in [-0.1, -0.05) is 26.2 Å². The fourth-order valence-electron chi connectivity index (χ4n) is 2.06. The summed E-state index contributed by atoms with van der Waals surface area (Å²) in [7, 11) is 0.314. The lowest BCUT2D eigenvalue weighted by Gasteiger charge is -2.13. The van der Waals surface area contributed by atoms with Gasteiger partial charge in [-0.15, -0.1) is 0 Å². The second kappa shape index (κ2) is 2.09. The Labute approximate surface area is 58.1 Å². The van der Waals surface area contributed by atoms with Crippen molar-refractivity contribution in [3.8, 4) is 0 Å². The number of fused-ring (bicyclic) bond motifs is 1. The molecule has 0 saturated heterocycles. The molecule has 0 nitrogen and oxygen atoms in total. The molecule has 3 unspecified atom stereocenters. The van der Waals surface area contributed by atoms with Crippen molar-refractivity contribution in [2.75, 3.05) is 6.66 Å². The Hall–Kier alpha value is 0.170. The third kappa shape index (κ3) is 0.846. The van der Waals surface area contributed by atoms with Crippen LogP contribution in [0.3, 0.4) is 0 Å². The molecule has 1 aliphatic carbocycles. The molecule has 2 rings (SSSR count). The summed E-state index contributed by atoms with van der Waals surface area (Å²) in [5.41, 5.74) is 1.10. The zero-order valence-corrected chi connectivity index (χ0v) is 6.77. The molecule has 0 radical (unpaired) electrons. The Morgan fingerprint density at radius 1 is 1.44 bits per heavy atom. The van der Waals surface area contributed by atoms with Gasteiger partial charge in [0.1, 0.15) is 0 Å². The van der Waals surface area contributed by atoms with Gasteiger partial charge in [-0.05, 0) is 31.1 Å². The molecule has 1 heteroatoms. The van der Waals surface area contributed by atoms with Gasteiger partial charge >= 0.3 is 0 Å². The van der Waals surface area contributed by atoms with E-state index < -0.39 is 0 Å². The smallest absolute Gasteiger partial charge is 0.0114 e. The van der Waals surface area contributed by atoms with Crippen LogP contribution in [-0.2, 0) is 0 Å². The summed E-state index contributed by atoms with van der Waals surface area (Å²) < 4.78 is 0. The number of hydrogen-bond acceptors (Lipinski definition) is 0. The van der Waals surface area contributed by atoms with E-state index in [2.05, 4.69) is 18.6 Å². The lowest BCUT2D eigenvalue weighted by Crippen LogP contribution is -2.02. The Kier molecular flexibility index (Phi) is 1.38. The van der Waals surface area contributed by atoms with Gasteiger partial charge in [-0.3, -0.25) is 0 Å². The van der Waals surface area contributed by atoms with E-state index in [0.717, 1.165) is 11.6 Å². The number of allylic oxidation sites excluding steroid dienone is 1. The van der Waals surface area contributed by atoms with Crippen LogP contribution in [0.1, 0.15) is 19.3 Å². The molecule has 0 bridgehead atoms. The average Bonchev–Trinajstić information content (AvgIpc) is 2.35. The van der Waals surface area contributed by atoms with Crippen LogP contribution in [0.5, 0.6) is 0 Å². The molecule has 1 saturated carbocycles. The zero-order valence-electron chi connectivity index (χ0n) is 5.88. The maximum Gasteiger partial charge on any atom is -0.0114 e. The highest BCUT2D eigenvalue weighted by Gasteiger charge is 2.32. The highest BCUT2D eigenvalue weighted by molar-refractivity contribution is 7.61. The first-order chi connectivity index (χ1) is 4.38. The molecule has 1 heterocycles. The van der Waals surface area contributed by atoms with E-state index in [0.29, 0.717) is 7.92 Å². The van der Waals surface area contributed by atoms with Crippen molar-refractivity contribution < 1.29 is 0 Å². The van der Waals surface area contributed by atoms with Gasteiger partial charge in [0.15, 0.2) is 0 Å². The van der Waals surface area contributed by atoms with Crippen LogP contribution in [0.2, 0.25) is 0 Å². The first-order valence-electron chi connectivity index (χ1n) is 3.78. The normalized spacial score (nSPS) is 47.9. The van der Waals surface area contributed by atoms with E-state index in [4.69, 9.17) is 0 Å². The fraction of sp³-hybridized carbons (Fsp3) is 0.750. The van der Waals surface area contributed by atoms with Gasteiger partial charge < -0.3 is 0 Å². The standard InChI is InChI=1S/C8H13P/c1-9-6-5-7-3-2-4-8(7)9/h5-8H,2-4H2,1H3. The molecule has 3 atom stereocenters. The van der Waals surface area contributed by atoms with E-state index in [1.807, 2.05) is 0 Å². The summed E-state index contributed by atoms with van der Waals surface area (Å²) in [6, 6.07) is 0. The van der Waals surface area contributed by atoms with Crippen molar-refractivity contribution in [1.29, 1.82) is 0 Å². The maximum atomic E-state index is 2.46. The van der Waals surface area contributed by atoms with Crippen molar-refractivity contribution in [2.45, 2.75) is 24.9 Å².